The molecule has 0 aromatic heterocycles. The van der Waals surface area contributed by atoms with E-state index in [1.165, 1.54) is 21.1 Å². The number of benzene rings is 1. The molecule has 0 bridgehead atoms. The lowest BCUT2D eigenvalue weighted by atomic mass is 9.89. The molecule has 1 aromatic carbocycles. The van der Waals surface area contributed by atoms with Gasteiger partial charge in [0.1, 0.15) is 36.8 Å². The molecule has 1 aromatic rings. The minimum atomic E-state index is -1.84. The molecule has 1 fully saturated rings. The first-order valence-corrected chi connectivity index (χ1v) is 47.7. The van der Waals surface area contributed by atoms with Crippen LogP contribution in [0.1, 0.15) is 140 Å². The van der Waals surface area contributed by atoms with E-state index in [4.69, 9.17) is 61.6 Å². The molecule has 1 aliphatic heterocycles. The van der Waals surface area contributed by atoms with Crippen molar-refractivity contribution in [1.82, 2.24) is 83.8 Å². The first-order chi connectivity index (χ1) is 66.6. The summed E-state index contributed by atoms with van der Waals surface area (Å²) in [5.41, 5.74) is 0.654. The van der Waals surface area contributed by atoms with Crippen LogP contribution in [0, 0.1) is 29.1 Å². The Hall–Kier alpha value is -10.5. The standard InChI is InChI=1S/C93H160N16O31/c1-18-63(6)83(108(14)89(123)81(61(2)3)106-88(122)82(62(4)5)107(12)13)71(129-16)54-80(118)109-34-22-26-70(109)84(130-17)64(7)85(119)105-67(52-66-24-20-19-21-25-66)86(120)95-30-23-35-139-91(126)65(8)102-75(113)53-68(90(124)125)103-74(112)28-32-97-92(127)140-59-69(87(121)96-33-37-131-40-41-133-44-45-135-48-49-137-51-50-136-47-46-134-43-42-132-39-38-128-15)104-79(117)58-101-78(116)57-100-77(115)56-99-76(114)55-98-72(110)27-31-94-73(111)29-36-138-60-93(9,10)11/h19-21,24-25,61-65,67-71,81-84H,18,22-23,26-60H2,1-17H3,(H,94,111)(H,95,120)(H,96,121)(H,97,127)(H,98,110)(H,99,114)(H,100,115)(H,101,116)(H,102,113)(H,103,112)(H,104,117)(H,105,119)(H,106,122)(H,124,125)/t63-,64+,65?,67-,68?,69?,70-,71+,81?,82-,83-,84+/m0/s1. The highest BCUT2D eigenvalue weighted by atomic mass is 16.6. The highest BCUT2D eigenvalue weighted by Gasteiger charge is 2.44. The number of carboxylic acid groups (broad SMARTS) is 1. The number of carboxylic acids is 1. The summed E-state index contributed by atoms with van der Waals surface area (Å²) in [5, 5.41) is 41.9. The summed E-state index contributed by atoms with van der Waals surface area (Å²) in [4.78, 5) is 229. The first kappa shape index (κ1) is 126. The maximum Gasteiger partial charge on any atom is 0.407 e. The van der Waals surface area contributed by atoms with E-state index < -0.39 is 196 Å². The quantitative estimate of drug-likeness (QED) is 0.0243. The molecule has 0 spiro atoms. The topological polar surface area (TPSA) is 597 Å². The zero-order valence-electron chi connectivity index (χ0n) is 84.9. The van der Waals surface area contributed by atoms with Crippen LogP contribution in [0.15, 0.2) is 30.3 Å². The minimum absolute atomic E-state index is 0.00561. The van der Waals surface area contributed by atoms with Gasteiger partial charge in [0.05, 0.1) is 194 Å². The van der Waals surface area contributed by atoms with E-state index in [1.54, 1.807) is 61.2 Å². The molecule has 12 atom stereocenters. The molecule has 47 heteroatoms. The number of hydrogen-bond donors (Lipinski definition) is 14. The lowest BCUT2D eigenvalue weighted by molar-refractivity contribution is -0.148. The van der Waals surface area contributed by atoms with Crippen LogP contribution in [0.5, 0.6) is 0 Å². The van der Waals surface area contributed by atoms with E-state index in [9.17, 15) is 86.6 Å². The number of nitrogens with one attached hydrogen (secondary N) is 13. The number of likely N-dealkylation sites (N-methyl/N-ethyl adjacent to an activating group) is 2. The molecule has 140 heavy (non-hydrogen) atoms. The second kappa shape index (κ2) is 72.7. The molecule has 2 rings (SSSR count). The van der Waals surface area contributed by atoms with Crippen LogP contribution in [0.3, 0.4) is 0 Å². The number of carbonyl (C=O) groups excluding carboxylic acids is 16. The number of carbonyl (C=O) groups is 17. The van der Waals surface area contributed by atoms with Crippen molar-refractivity contribution < 1.29 is 148 Å². The Morgan fingerprint density at radius 1 is 0.471 bits per heavy atom. The van der Waals surface area contributed by atoms with Crippen LogP contribution in [0.4, 0.5) is 4.79 Å². The van der Waals surface area contributed by atoms with Crippen molar-refractivity contribution in [3.05, 3.63) is 35.9 Å². The Labute approximate surface area is 822 Å². The largest absolute Gasteiger partial charge is 0.480 e. The van der Waals surface area contributed by atoms with Gasteiger partial charge in [0, 0.05) is 86.8 Å². The van der Waals surface area contributed by atoms with Crippen molar-refractivity contribution in [3.63, 3.8) is 0 Å². The molecule has 14 N–H and O–H groups in total. The molecule has 0 aliphatic carbocycles. The number of methoxy groups -OCH3 is 3. The Balaban J connectivity index is 1.98. The Kier molecular flexibility index (Phi) is 65.2. The van der Waals surface area contributed by atoms with Crippen molar-refractivity contribution in [1.29, 1.82) is 0 Å². The van der Waals surface area contributed by atoms with Gasteiger partial charge in [-0.05, 0) is 69.0 Å². The fourth-order valence-electron chi connectivity index (χ4n) is 14.3. The molecule has 15 amide bonds. The average molecular weight is 2000 g/mol. The highest BCUT2D eigenvalue weighted by molar-refractivity contribution is 5.95. The van der Waals surface area contributed by atoms with E-state index in [2.05, 4.69) is 69.1 Å². The molecule has 0 radical (unpaired) electrons. The second-order valence-electron chi connectivity index (χ2n) is 35.5. The maximum absolute atomic E-state index is 14.6. The minimum Gasteiger partial charge on any atom is -0.480 e. The van der Waals surface area contributed by atoms with Crippen LogP contribution < -0.4 is 69.1 Å². The van der Waals surface area contributed by atoms with Gasteiger partial charge in [-0.2, -0.15) is 0 Å². The molecule has 798 valence electrons. The molecular formula is C93H160N16O31. The highest BCUT2D eigenvalue weighted by Crippen LogP contribution is 2.30. The predicted octanol–water partition coefficient (Wildman–Crippen LogP) is -2.22. The number of hydrogen-bond acceptors (Lipinski definition) is 31. The van der Waals surface area contributed by atoms with E-state index in [-0.39, 0.29) is 145 Å². The summed E-state index contributed by atoms with van der Waals surface area (Å²) in [6, 6.07) is 0.527. The van der Waals surface area contributed by atoms with Gasteiger partial charge in [-0.3, -0.25) is 72.0 Å². The number of aliphatic carboxylic acids is 1. The second-order valence-corrected chi connectivity index (χ2v) is 35.5. The lowest BCUT2D eigenvalue weighted by Gasteiger charge is -2.41. The number of alkyl carbamates (subject to hydrolysis) is 1. The number of rotatable bonds is 77. The van der Waals surface area contributed by atoms with E-state index >= 15 is 0 Å². The fourth-order valence-corrected chi connectivity index (χ4v) is 14.3. The van der Waals surface area contributed by atoms with Gasteiger partial charge in [-0.25, -0.2) is 14.4 Å². The Morgan fingerprint density at radius 3 is 1.49 bits per heavy atom. The third-order valence-corrected chi connectivity index (χ3v) is 21.8. The number of esters is 1. The number of amides is 15. The van der Waals surface area contributed by atoms with Crippen LogP contribution in [0.25, 0.3) is 0 Å². The van der Waals surface area contributed by atoms with E-state index in [0.29, 0.717) is 98.5 Å². The van der Waals surface area contributed by atoms with Gasteiger partial charge in [-0.15, -0.1) is 0 Å². The van der Waals surface area contributed by atoms with Gasteiger partial charge in [0.15, 0.2) is 0 Å². The summed E-state index contributed by atoms with van der Waals surface area (Å²) in [5.74, 6) is -13.1. The van der Waals surface area contributed by atoms with Crippen LogP contribution in [0.2, 0.25) is 0 Å². The van der Waals surface area contributed by atoms with Gasteiger partial charge in [0.25, 0.3) is 0 Å². The predicted molar refractivity (Wildman–Crippen MR) is 509 cm³/mol. The summed E-state index contributed by atoms with van der Waals surface area (Å²) < 4.78 is 71.3. The van der Waals surface area contributed by atoms with Crippen molar-refractivity contribution in [2.75, 3.05) is 227 Å². The molecule has 1 heterocycles. The molecule has 0 saturated carbocycles. The number of likely N-dealkylation sites (tertiary alicyclic amines) is 1. The smallest absolute Gasteiger partial charge is 0.407 e. The normalized spacial score (nSPS) is 14.9. The molecule has 1 saturated heterocycles. The molecular weight excluding hydrogens is 1840 g/mol. The van der Waals surface area contributed by atoms with Crippen molar-refractivity contribution in [3.8, 4) is 0 Å². The molecule has 4 unspecified atom stereocenters. The Morgan fingerprint density at radius 2 is 0.979 bits per heavy atom. The van der Waals surface area contributed by atoms with Gasteiger partial charge < -0.3 is 146 Å². The van der Waals surface area contributed by atoms with Gasteiger partial charge in [-0.1, -0.05) is 106 Å². The summed E-state index contributed by atoms with van der Waals surface area (Å²) in [6.45, 7) is 22.1. The Bertz CT molecular complexity index is 3880. The van der Waals surface area contributed by atoms with Crippen LogP contribution in [-0.4, -0.2) is 408 Å². The third-order valence-electron chi connectivity index (χ3n) is 21.8. The van der Waals surface area contributed by atoms with Gasteiger partial charge >= 0.3 is 18.0 Å². The zero-order chi connectivity index (χ0) is 104. The lowest BCUT2D eigenvalue weighted by Crippen LogP contribution is -2.59. The number of nitrogens with zero attached hydrogens (tertiary/aromatic N) is 3. The monoisotopic (exact) mass is 2000 g/mol. The van der Waals surface area contributed by atoms with Crippen LogP contribution >= 0.6 is 0 Å². The average Bonchev–Trinajstić information content (AvgIpc) is 1.57. The summed E-state index contributed by atoms with van der Waals surface area (Å²) >= 11 is 0. The summed E-state index contributed by atoms with van der Waals surface area (Å²) in [6.07, 6.45) is -2.54. The van der Waals surface area contributed by atoms with Crippen molar-refractivity contribution in [2.24, 2.45) is 29.1 Å². The molecule has 1 aliphatic rings. The first-order valence-electron chi connectivity index (χ1n) is 47.7. The van der Waals surface area contributed by atoms with E-state index in [1.807, 2.05) is 81.3 Å². The van der Waals surface area contributed by atoms with Crippen molar-refractivity contribution in [2.45, 2.75) is 201 Å². The van der Waals surface area contributed by atoms with Crippen LogP contribution in [-0.2, 0) is 145 Å². The SMILES string of the molecule is CC[C@H](C)[C@@H]([C@@H](CC(=O)N1CCC[C@H]1[C@H](OC)[C@@H](C)C(=O)N[C@@H](Cc1ccccc1)C(=O)NCCCOC(=O)C(C)NC(=O)CC(NC(=O)CCNC(=O)OCC(NC(=O)CNC(=O)CNC(=O)CNC(=O)CNC(=O)CCNC(=O)CCOCC(C)(C)C)C(=O)NCCOCCOCCOCCOCCOCCOCCOCCOC)C(=O)O)OC)N(C)C(=O)C(NC(=O)[C@H](C(C)C)N(C)C)C(C)C. The van der Waals surface area contributed by atoms with Crippen molar-refractivity contribution >= 4 is 101 Å². The number of ether oxygens (including phenoxy) is 13. The van der Waals surface area contributed by atoms with Gasteiger partial charge in [0.2, 0.25) is 82.7 Å². The summed E-state index contributed by atoms with van der Waals surface area (Å²) in [7, 11) is 9.84. The third kappa shape index (κ3) is 55.1. The van der Waals surface area contributed by atoms with E-state index in [0.717, 1.165) is 5.56 Å². The zero-order valence-corrected chi connectivity index (χ0v) is 84.9. The maximum atomic E-state index is 14.6. The molecule has 47 nitrogen and oxygen atoms in total. The fraction of sp³-hybridized carbons (Fsp3) is 0.753.